The van der Waals surface area contributed by atoms with Crippen LogP contribution in [0.25, 0.3) is 33.2 Å². The van der Waals surface area contributed by atoms with Gasteiger partial charge in [0.1, 0.15) is 72.2 Å². The molecule has 4 aromatic heterocycles. The van der Waals surface area contributed by atoms with Gasteiger partial charge in [-0.25, -0.2) is 17.6 Å². The van der Waals surface area contributed by atoms with Crippen molar-refractivity contribution in [3.05, 3.63) is 201 Å². The first-order valence-corrected chi connectivity index (χ1v) is 32.3. The molecule has 1 aliphatic carbocycles. The van der Waals surface area contributed by atoms with Gasteiger partial charge in [-0.1, -0.05) is 12.8 Å². The summed E-state index contributed by atoms with van der Waals surface area (Å²) >= 11 is 0. The summed E-state index contributed by atoms with van der Waals surface area (Å²) in [6.45, 7) is 7.26. The minimum atomic E-state index is -0.816. The van der Waals surface area contributed by atoms with Gasteiger partial charge in [0.15, 0.2) is 46.1 Å². The van der Waals surface area contributed by atoms with Gasteiger partial charge in [-0.05, 0) is 163 Å². The van der Waals surface area contributed by atoms with Crippen LogP contribution in [-0.4, -0.2) is 109 Å². The quantitative estimate of drug-likeness (QED) is 0.0401. The lowest BCUT2D eigenvalue weighted by molar-refractivity contribution is 0.101. The summed E-state index contributed by atoms with van der Waals surface area (Å²) in [7, 11) is 4.14. The van der Waals surface area contributed by atoms with Crippen LogP contribution in [0.15, 0.2) is 156 Å². The summed E-state index contributed by atoms with van der Waals surface area (Å²) in [5.41, 5.74) is -0.0877. The Labute approximate surface area is 565 Å². The Balaban J connectivity index is 0.000000189. The molecule has 25 heteroatoms. The molecular weight excluding hydrogens is 1290 g/mol. The number of halogens is 4. The second kappa shape index (κ2) is 30.8. The van der Waals surface area contributed by atoms with E-state index in [0.29, 0.717) is 113 Å². The third-order valence-corrected chi connectivity index (χ3v) is 16.0. The molecule has 2 aliphatic heterocycles. The zero-order valence-electron chi connectivity index (χ0n) is 54.5. The molecule has 3 aliphatic rings. The fourth-order valence-corrected chi connectivity index (χ4v) is 11.1. The summed E-state index contributed by atoms with van der Waals surface area (Å²) in [5, 5.41) is 6.15. The summed E-state index contributed by atoms with van der Waals surface area (Å²) in [6.07, 6.45) is 12.4. The van der Waals surface area contributed by atoms with Crippen molar-refractivity contribution in [1.29, 1.82) is 0 Å². The third-order valence-electron chi connectivity index (χ3n) is 16.0. The SMILES string of the molecule is CCOc1ccn(-c2ccc(F)cc2)c(=O)c1C(=O)Nc1ccc(Oc2ccnc3cc(OCC4CC4)c4c(c23)OCCO4)c(F)c1.CCOc1ccn(-c2ccc(F)cc2)c(=O)c1C(=O)Nc1ccc(Oc2ccnc3cc(OCCCCCCN(C)C)c4c(c23)OCCO4)c(F)c1. The average molecular weight is 1360 g/mol. The normalized spacial score (nSPS) is 12.9. The first kappa shape index (κ1) is 67.6. The molecule has 0 spiro atoms. The second-order valence-corrected chi connectivity index (χ2v) is 23.4. The minimum absolute atomic E-state index is 0.0482. The zero-order valence-corrected chi connectivity index (χ0v) is 54.5. The minimum Gasteiger partial charge on any atom is -0.493 e. The average Bonchev–Trinajstić information content (AvgIpc) is 1.54. The first-order valence-electron chi connectivity index (χ1n) is 32.3. The summed E-state index contributed by atoms with van der Waals surface area (Å²) < 4.78 is 120. The largest absolute Gasteiger partial charge is 0.493 e. The molecule has 0 bridgehead atoms. The van der Waals surface area contributed by atoms with E-state index >= 15 is 8.78 Å². The van der Waals surface area contributed by atoms with E-state index in [2.05, 4.69) is 39.6 Å². The molecule has 99 heavy (non-hydrogen) atoms. The van der Waals surface area contributed by atoms with E-state index in [0.717, 1.165) is 57.2 Å². The summed E-state index contributed by atoms with van der Waals surface area (Å²) in [6, 6.07) is 27.9. The van der Waals surface area contributed by atoms with Gasteiger partial charge in [-0.2, -0.15) is 0 Å². The van der Waals surface area contributed by atoms with Crippen molar-refractivity contribution in [3.63, 3.8) is 0 Å². The lowest BCUT2D eigenvalue weighted by atomic mass is 10.1. The van der Waals surface area contributed by atoms with Crippen LogP contribution in [-0.2, 0) is 0 Å². The van der Waals surface area contributed by atoms with Gasteiger partial charge >= 0.3 is 0 Å². The molecule has 1 fully saturated rings. The number of rotatable bonds is 25. The van der Waals surface area contributed by atoms with Crippen LogP contribution in [0, 0.1) is 29.2 Å². The molecule has 512 valence electrons. The lowest BCUT2D eigenvalue weighted by Crippen LogP contribution is -2.29. The van der Waals surface area contributed by atoms with E-state index in [1.165, 1.54) is 106 Å². The van der Waals surface area contributed by atoms with Crippen LogP contribution in [0.5, 0.6) is 69.0 Å². The highest BCUT2D eigenvalue weighted by Crippen LogP contribution is 2.51. The molecule has 2 N–H and O–H groups in total. The number of carbonyl (C=O) groups is 2. The van der Waals surface area contributed by atoms with Crippen LogP contribution in [0.2, 0.25) is 0 Å². The molecule has 0 atom stereocenters. The van der Waals surface area contributed by atoms with E-state index in [1.807, 2.05) is 0 Å². The van der Waals surface area contributed by atoms with E-state index in [1.54, 1.807) is 50.5 Å². The molecule has 13 rings (SSSR count). The number of carbonyl (C=O) groups excluding carboxylic acids is 2. The van der Waals surface area contributed by atoms with Crippen molar-refractivity contribution in [2.75, 3.05) is 84.1 Å². The van der Waals surface area contributed by atoms with E-state index in [4.69, 9.17) is 47.4 Å². The van der Waals surface area contributed by atoms with Crippen molar-refractivity contribution in [2.45, 2.75) is 52.4 Å². The number of anilines is 2. The highest BCUT2D eigenvalue weighted by Gasteiger charge is 2.30. The maximum Gasteiger partial charge on any atom is 0.271 e. The Kier molecular flexibility index (Phi) is 21.0. The second-order valence-electron chi connectivity index (χ2n) is 23.4. The highest BCUT2D eigenvalue weighted by atomic mass is 19.1. The Morgan fingerprint density at radius 3 is 1.38 bits per heavy atom. The van der Waals surface area contributed by atoms with Crippen LogP contribution in [0.3, 0.4) is 0 Å². The monoisotopic (exact) mass is 1360 g/mol. The molecule has 0 radical (unpaired) electrons. The molecule has 0 saturated heterocycles. The Bertz CT molecular complexity index is 4740. The van der Waals surface area contributed by atoms with E-state index in [9.17, 15) is 28.0 Å². The van der Waals surface area contributed by atoms with Gasteiger partial charge in [0.25, 0.3) is 22.9 Å². The number of unbranched alkanes of at least 4 members (excludes halogenated alkanes) is 3. The Morgan fingerprint density at radius 2 is 0.949 bits per heavy atom. The number of pyridine rings is 4. The van der Waals surface area contributed by atoms with Crippen molar-refractivity contribution in [3.8, 4) is 80.4 Å². The standard InChI is InChI=1S/C39H40F2N4O7.C35H29F2N3O7/c1-4-48-31-16-19-45(27-12-9-25(40)10-13-27)39(47)35(31)38(46)43-26-11-14-30(28(41)23-26)52-32-15-17-42-29-24-33(36-37(34(29)32)51-22-21-50-36)49-20-8-6-5-7-18-44(2)3;1-2-43-27-12-14-40(23-8-5-21(36)6-9-23)35(42)31(27)34(41)39-22-7-10-26(24(37)17-22)47-28-11-13-38-25-18-29(46-19-20-3-4-20)32-33(30(25)28)45-16-15-44-32/h9-17,19,23-24H,4-8,18,20-22H2,1-3H3,(H,43,46);5-14,17-18,20H,2-4,15-16,19H2,1H3,(H,39,41). The van der Waals surface area contributed by atoms with Crippen LogP contribution in [0.4, 0.5) is 28.9 Å². The number of aromatic nitrogens is 4. The summed E-state index contributed by atoms with van der Waals surface area (Å²) in [4.78, 5) is 64.8. The molecule has 6 aromatic carbocycles. The van der Waals surface area contributed by atoms with Crippen LogP contribution >= 0.6 is 0 Å². The Morgan fingerprint density at radius 1 is 0.505 bits per heavy atom. The number of hydrogen-bond donors (Lipinski definition) is 2. The maximum absolute atomic E-state index is 15.6. The molecule has 1 saturated carbocycles. The van der Waals surface area contributed by atoms with Crippen molar-refractivity contribution < 1.29 is 74.5 Å². The summed E-state index contributed by atoms with van der Waals surface area (Å²) in [5.74, 6) is -0.429. The lowest BCUT2D eigenvalue weighted by Gasteiger charge is -2.23. The zero-order chi connectivity index (χ0) is 69.1. The molecule has 6 heterocycles. The van der Waals surface area contributed by atoms with E-state index < -0.39 is 46.2 Å². The molecular formula is C74H69F4N7O14. The number of nitrogens with zero attached hydrogens (tertiary/aromatic N) is 5. The molecule has 10 aromatic rings. The van der Waals surface area contributed by atoms with Crippen molar-refractivity contribution >= 4 is 45.0 Å². The van der Waals surface area contributed by atoms with Crippen molar-refractivity contribution in [1.82, 2.24) is 24.0 Å². The number of benzene rings is 6. The van der Waals surface area contributed by atoms with Gasteiger partial charge in [0, 0.05) is 71.8 Å². The maximum atomic E-state index is 15.6. The number of fused-ring (bicyclic) bond motifs is 6. The predicted molar refractivity (Wildman–Crippen MR) is 361 cm³/mol. The van der Waals surface area contributed by atoms with Crippen molar-refractivity contribution in [2.24, 2.45) is 5.92 Å². The van der Waals surface area contributed by atoms with Gasteiger partial charge < -0.3 is 62.9 Å². The number of hydrogen-bond acceptors (Lipinski definition) is 17. The first-order chi connectivity index (χ1) is 48.1. The van der Waals surface area contributed by atoms with Gasteiger partial charge in [0.2, 0.25) is 11.5 Å². The number of amides is 2. The number of nitrogens with one attached hydrogen (secondary N) is 2. The highest BCUT2D eigenvalue weighted by molar-refractivity contribution is 6.07. The molecule has 2 amide bonds. The Hall–Kier alpha value is -11.3. The fourth-order valence-electron chi connectivity index (χ4n) is 11.1. The third kappa shape index (κ3) is 15.7. The number of ether oxygens (including phenoxy) is 10. The van der Waals surface area contributed by atoms with Gasteiger partial charge in [0.05, 0.1) is 48.2 Å². The molecule has 0 unspecified atom stereocenters. The van der Waals surface area contributed by atoms with Crippen LogP contribution < -0.4 is 69.1 Å². The van der Waals surface area contributed by atoms with Gasteiger partial charge in [-0.15, -0.1) is 0 Å². The topological polar surface area (TPSA) is 224 Å². The molecule has 21 nitrogen and oxygen atoms in total. The van der Waals surface area contributed by atoms with Gasteiger partial charge in [-0.3, -0.25) is 38.3 Å². The predicted octanol–water partition coefficient (Wildman–Crippen LogP) is 14.0. The smallest absolute Gasteiger partial charge is 0.271 e. The van der Waals surface area contributed by atoms with E-state index in [-0.39, 0.29) is 70.2 Å². The van der Waals surface area contributed by atoms with Crippen LogP contribution in [0.1, 0.15) is 73.1 Å². The fraction of sp³-hybridized carbons (Fsp3) is 0.270.